The molecule has 1 rings (SSSR count). The normalized spacial score (nSPS) is 21.5. The number of ether oxygens (including phenoxy) is 2. The fourth-order valence-corrected chi connectivity index (χ4v) is 3.44. The van der Waals surface area contributed by atoms with Gasteiger partial charge in [0.2, 0.25) is 6.29 Å². The van der Waals surface area contributed by atoms with Gasteiger partial charge in [-0.1, -0.05) is 60.8 Å². The van der Waals surface area contributed by atoms with Crippen molar-refractivity contribution in [1.82, 2.24) is 0 Å². The van der Waals surface area contributed by atoms with Crippen molar-refractivity contribution in [2.75, 3.05) is 18.1 Å². The molecule has 0 aliphatic carbocycles. The van der Waals surface area contributed by atoms with Gasteiger partial charge in [-0.3, -0.25) is 4.79 Å². The Morgan fingerprint density at radius 3 is 2.32 bits per heavy atom. The summed E-state index contributed by atoms with van der Waals surface area (Å²) in [6.45, 7) is 13.9. The lowest BCUT2D eigenvalue weighted by Gasteiger charge is -2.39. The third-order valence-electron chi connectivity index (χ3n) is 5.58. The van der Waals surface area contributed by atoms with Crippen LogP contribution in [0.5, 0.6) is 0 Å². The van der Waals surface area contributed by atoms with Crippen LogP contribution in [0.4, 0.5) is 0 Å². The van der Waals surface area contributed by atoms with Crippen molar-refractivity contribution >= 4 is 17.7 Å². The van der Waals surface area contributed by atoms with E-state index in [9.17, 15) is 4.79 Å². The van der Waals surface area contributed by atoms with Crippen LogP contribution in [0, 0.1) is 16.7 Å². The molecule has 130 valence electrons. The van der Waals surface area contributed by atoms with Crippen molar-refractivity contribution in [2.24, 2.45) is 16.7 Å². The van der Waals surface area contributed by atoms with Crippen molar-refractivity contribution in [2.45, 2.75) is 73.5 Å². The molecule has 1 heterocycles. The molecular weight excluding hydrogens is 296 g/mol. The van der Waals surface area contributed by atoms with Crippen molar-refractivity contribution < 1.29 is 14.3 Å². The van der Waals surface area contributed by atoms with Crippen LogP contribution in [0.3, 0.4) is 0 Å². The van der Waals surface area contributed by atoms with Crippen molar-refractivity contribution in [3.8, 4) is 0 Å². The molecule has 4 heteroatoms. The Morgan fingerprint density at radius 2 is 1.86 bits per heavy atom. The van der Waals surface area contributed by atoms with Crippen molar-refractivity contribution in [3.05, 3.63) is 0 Å². The predicted molar refractivity (Wildman–Crippen MR) is 94.0 cm³/mol. The Hall–Kier alpha value is -0.220. The van der Waals surface area contributed by atoms with Crippen LogP contribution in [0.25, 0.3) is 0 Å². The van der Waals surface area contributed by atoms with Gasteiger partial charge in [0.1, 0.15) is 0 Å². The minimum atomic E-state index is -0.365. The average molecular weight is 331 g/mol. The van der Waals surface area contributed by atoms with Crippen LogP contribution >= 0.6 is 11.8 Å². The largest absolute Gasteiger partial charge is 0.435 e. The van der Waals surface area contributed by atoms with Gasteiger partial charge in [-0.25, -0.2) is 0 Å². The molecule has 0 saturated carbocycles. The first kappa shape index (κ1) is 19.8. The molecule has 2 unspecified atom stereocenters. The van der Waals surface area contributed by atoms with Gasteiger partial charge in [0.05, 0.1) is 18.3 Å². The topological polar surface area (TPSA) is 35.5 Å². The van der Waals surface area contributed by atoms with E-state index in [1.165, 1.54) is 0 Å². The molecule has 1 aliphatic heterocycles. The Balaban J connectivity index is 2.82. The molecule has 0 aromatic carbocycles. The van der Waals surface area contributed by atoms with E-state index in [1.54, 1.807) is 11.8 Å². The van der Waals surface area contributed by atoms with E-state index in [0.717, 1.165) is 37.2 Å². The maximum atomic E-state index is 12.8. The van der Waals surface area contributed by atoms with Crippen LogP contribution in [0.15, 0.2) is 0 Å². The Bertz CT molecular complexity index is 344. The molecule has 2 atom stereocenters. The van der Waals surface area contributed by atoms with Gasteiger partial charge in [0.25, 0.3) is 0 Å². The van der Waals surface area contributed by atoms with Crippen LogP contribution in [-0.4, -0.2) is 30.4 Å². The maximum absolute atomic E-state index is 12.8. The molecule has 1 fully saturated rings. The van der Waals surface area contributed by atoms with Crippen molar-refractivity contribution in [1.29, 1.82) is 0 Å². The number of esters is 1. The quantitative estimate of drug-likeness (QED) is 0.594. The van der Waals surface area contributed by atoms with Gasteiger partial charge in [-0.05, 0) is 17.3 Å². The lowest BCUT2D eigenvalue weighted by atomic mass is 9.67. The highest BCUT2D eigenvalue weighted by Gasteiger charge is 2.40. The first-order valence-corrected chi connectivity index (χ1v) is 9.83. The lowest BCUT2D eigenvalue weighted by Crippen LogP contribution is -2.39. The van der Waals surface area contributed by atoms with Gasteiger partial charge in [0.15, 0.2) is 0 Å². The third kappa shape index (κ3) is 5.45. The zero-order valence-corrected chi connectivity index (χ0v) is 16.1. The fraction of sp³-hybridized carbons (Fsp3) is 0.944. The van der Waals surface area contributed by atoms with E-state index in [-0.39, 0.29) is 29.0 Å². The molecular formula is C18H34O3S. The molecule has 0 radical (unpaired) electrons. The van der Waals surface area contributed by atoms with Crippen molar-refractivity contribution in [3.63, 3.8) is 0 Å². The number of hydrogen-bond donors (Lipinski definition) is 0. The van der Waals surface area contributed by atoms with E-state index in [4.69, 9.17) is 9.47 Å². The standard InChI is InChI=1S/C18H34O3S/c1-7-17(4,5)14(12-18(6,8-2)9-3)16(19)21-15-13-22-11-10-20-15/h14-15H,7-13H2,1-6H3. The zero-order chi connectivity index (χ0) is 16.8. The summed E-state index contributed by atoms with van der Waals surface area (Å²) in [6, 6.07) is 0. The number of carbonyl (C=O) groups is 1. The second kappa shape index (κ2) is 8.58. The van der Waals surface area contributed by atoms with E-state index in [2.05, 4.69) is 41.5 Å². The molecule has 0 aromatic heterocycles. The Labute approximate surface area is 140 Å². The Kier molecular flexibility index (Phi) is 7.73. The van der Waals surface area contributed by atoms with Crippen LogP contribution in [0.1, 0.15) is 67.2 Å². The third-order valence-corrected chi connectivity index (χ3v) is 6.54. The molecule has 0 aromatic rings. The summed E-state index contributed by atoms with van der Waals surface area (Å²) in [7, 11) is 0. The summed E-state index contributed by atoms with van der Waals surface area (Å²) < 4.78 is 11.3. The van der Waals surface area contributed by atoms with Crippen LogP contribution < -0.4 is 0 Å². The van der Waals surface area contributed by atoms with E-state index in [1.807, 2.05) is 0 Å². The van der Waals surface area contributed by atoms with Gasteiger partial charge >= 0.3 is 5.97 Å². The number of rotatable bonds is 8. The first-order chi connectivity index (χ1) is 10.3. The lowest BCUT2D eigenvalue weighted by molar-refractivity contribution is -0.184. The summed E-state index contributed by atoms with van der Waals surface area (Å²) in [4.78, 5) is 12.8. The maximum Gasteiger partial charge on any atom is 0.311 e. The number of carbonyl (C=O) groups excluding carboxylic acids is 1. The minimum Gasteiger partial charge on any atom is -0.435 e. The summed E-state index contributed by atoms with van der Waals surface area (Å²) >= 11 is 1.79. The van der Waals surface area contributed by atoms with E-state index >= 15 is 0 Å². The number of thioether (sulfide) groups is 1. The molecule has 0 spiro atoms. The summed E-state index contributed by atoms with van der Waals surface area (Å²) in [5.74, 6) is 1.59. The van der Waals surface area contributed by atoms with Gasteiger partial charge in [-0.15, -0.1) is 0 Å². The van der Waals surface area contributed by atoms with E-state index < -0.39 is 0 Å². The second-order valence-electron chi connectivity index (χ2n) is 7.43. The monoisotopic (exact) mass is 330 g/mol. The highest BCUT2D eigenvalue weighted by Crippen LogP contribution is 2.42. The molecule has 22 heavy (non-hydrogen) atoms. The summed E-state index contributed by atoms with van der Waals surface area (Å²) in [6.07, 6.45) is 3.66. The Morgan fingerprint density at radius 1 is 1.23 bits per heavy atom. The second-order valence-corrected chi connectivity index (χ2v) is 8.58. The highest BCUT2D eigenvalue weighted by molar-refractivity contribution is 7.99. The first-order valence-electron chi connectivity index (χ1n) is 8.68. The molecule has 0 amide bonds. The zero-order valence-electron chi connectivity index (χ0n) is 15.2. The number of hydrogen-bond acceptors (Lipinski definition) is 4. The van der Waals surface area contributed by atoms with Gasteiger partial charge in [0, 0.05) is 5.75 Å². The molecule has 1 saturated heterocycles. The smallest absolute Gasteiger partial charge is 0.311 e. The molecule has 3 nitrogen and oxygen atoms in total. The van der Waals surface area contributed by atoms with Gasteiger partial charge in [-0.2, -0.15) is 11.8 Å². The van der Waals surface area contributed by atoms with Crippen LogP contribution in [-0.2, 0) is 14.3 Å². The van der Waals surface area contributed by atoms with Gasteiger partial charge < -0.3 is 9.47 Å². The van der Waals surface area contributed by atoms with E-state index in [0.29, 0.717) is 6.61 Å². The molecule has 0 N–H and O–H groups in total. The predicted octanol–water partition coefficient (Wildman–Crippen LogP) is 4.89. The minimum absolute atomic E-state index is 0.0511. The highest BCUT2D eigenvalue weighted by atomic mass is 32.2. The fourth-order valence-electron chi connectivity index (χ4n) is 2.70. The van der Waals surface area contributed by atoms with Crippen LogP contribution in [0.2, 0.25) is 0 Å². The molecule has 1 aliphatic rings. The summed E-state index contributed by atoms with van der Waals surface area (Å²) in [5.41, 5.74) is 0.142. The average Bonchev–Trinajstić information content (AvgIpc) is 2.53. The SMILES string of the molecule is CCC(C)(CC)CC(C(=O)OC1CSCCO1)C(C)(C)CC. The summed E-state index contributed by atoms with van der Waals surface area (Å²) in [5, 5.41) is 0. The molecule has 0 bridgehead atoms.